The number of nitrogens with zero attached hydrogens (tertiary/aromatic N) is 3. The molecule has 2 heterocycles. The predicted molar refractivity (Wildman–Crippen MR) is 146 cm³/mol. The summed E-state index contributed by atoms with van der Waals surface area (Å²) in [6.07, 6.45) is 9.66. The van der Waals surface area contributed by atoms with Gasteiger partial charge in [0.05, 0.1) is 6.54 Å². The molecule has 4 aromatic rings. The molecule has 0 saturated carbocycles. The predicted octanol–water partition coefficient (Wildman–Crippen LogP) is 5.70. The topological polar surface area (TPSA) is 98.7 Å². The first-order valence-electron chi connectivity index (χ1n) is 13.0. The maximum Gasteiger partial charge on any atom is 0.120 e. The second-order valence-electron chi connectivity index (χ2n) is 9.67. The van der Waals surface area contributed by atoms with Crippen LogP contribution in [-0.4, -0.2) is 25.1 Å². The molecule has 0 saturated heterocycles. The van der Waals surface area contributed by atoms with Crippen LogP contribution in [0, 0.1) is 0 Å². The summed E-state index contributed by atoms with van der Waals surface area (Å²) in [5.74, 6) is 0.956. The van der Waals surface area contributed by atoms with Crippen LogP contribution >= 0.6 is 0 Å². The summed E-state index contributed by atoms with van der Waals surface area (Å²) in [6, 6.07) is 19.5. The van der Waals surface area contributed by atoms with Crippen molar-refractivity contribution in [2.24, 2.45) is 5.73 Å². The molecule has 0 aliphatic carbocycles. The fraction of sp³-hybridized carbons (Fsp3) is 0.379. The fourth-order valence-electron chi connectivity index (χ4n) is 4.83. The van der Waals surface area contributed by atoms with E-state index >= 15 is 0 Å². The van der Waals surface area contributed by atoms with Crippen LogP contribution in [0.25, 0.3) is 0 Å². The molecule has 36 heavy (non-hydrogen) atoms. The molecule has 0 fully saturated rings. The van der Waals surface area contributed by atoms with Crippen LogP contribution in [0.4, 0.5) is 5.69 Å². The van der Waals surface area contributed by atoms with Gasteiger partial charge in [-0.2, -0.15) is 5.10 Å². The van der Waals surface area contributed by atoms with Crippen LogP contribution in [0.3, 0.4) is 0 Å². The Labute approximate surface area is 214 Å². The van der Waals surface area contributed by atoms with Gasteiger partial charge < -0.3 is 16.0 Å². The van der Waals surface area contributed by atoms with Gasteiger partial charge >= 0.3 is 0 Å². The van der Waals surface area contributed by atoms with E-state index in [1.165, 1.54) is 16.7 Å². The zero-order chi connectivity index (χ0) is 25.2. The van der Waals surface area contributed by atoms with Crippen LogP contribution in [0.5, 0.6) is 0 Å². The van der Waals surface area contributed by atoms with Crippen LogP contribution in [0.2, 0.25) is 0 Å². The summed E-state index contributed by atoms with van der Waals surface area (Å²) in [4.78, 5) is 9.94. The minimum atomic E-state index is -0.222. The van der Waals surface area contributed by atoms with Crippen molar-refractivity contribution in [2.75, 3.05) is 5.32 Å². The number of hydrogen-bond acceptors (Lipinski definition) is 5. The molecule has 0 spiro atoms. The molecular weight excluding hydrogens is 446 g/mol. The monoisotopic (exact) mass is 485 g/mol. The Hall–Kier alpha value is -3.42. The quantitative estimate of drug-likeness (QED) is 0.184. The van der Waals surface area contributed by atoms with Crippen molar-refractivity contribution < 1.29 is 0 Å². The van der Waals surface area contributed by atoms with Gasteiger partial charge in [0.2, 0.25) is 0 Å². The number of aromatic amines is 2. The number of nitrogens with two attached hydrogens (primary N) is 1. The molecule has 0 bridgehead atoms. The summed E-state index contributed by atoms with van der Waals surface area (Å²) in [5, 5.41) is 10.7. The summed E-state index contributed by atoms with van der Waals surface area (Å²) >= 11 is 0. The Morgan fingerprint density at radius 1 is 0.861 bits per heavy atom. The highest BCUT2D eigenvalue weighted by Crippen LogP contribution is 2.29. The van der Waals surface area contributed by atoms with Gasteiger partial charge in [-0.15, -0.1) is 0 Å². The van der Waals surface area contributed by atoms with Gasteiger partial charge in [-0.05, 0) is 47.7 Å². The molecule has 0 atom stereocenters. The van der Waals surface area contributed by atoms with Gasteiger partial charge in [-0.25, -0.2) is 4.98 Å². The fourth-order valence-corrected chi connectivity index (χ4v) is 4.83. The zero-order valence-corrected chi connectivity index (χ0v) is 21.5. The lowest BCUT2D eigenvalue weighted by molar-refractivity contribution is 0.239. The second-order valence-corrected chi connectivity index (χ2v) is 9.67. The first-order valence-corrected chi connectivity index (χ1v) is 13.0. The standard InChI is InChI=1S/C29H39N7/c1-3-14-29(30,15-4-2)25-9-11-26(12-10-25)33-19-23-5-7-24(8-6-23)20-36(21-27-13-16-34-35-27)22-28-31-17-18-32-28/h5-13,16-18,33H,3-4,14-15,19-22,30H2,1-2H3,(H,31,32)(H,34,35). The maximum atomic E-state index is 6.75. The average Bonchev–Trinajstić information content (AvgIpc) is 3.59. The van der Waals surface area contributed by atoms with E-state index in [4.69, 9.17) is 5.73 Å². The van der Waals surface area contributed by atoms with E-state index in [-0.39, 0.29) is 5.54 Å². The van der Waals surface area contributed by atoms with Crippen LogP contribution in [0.15, 0.2) is 73.2 Å². The molecule has 0 amide bonds. The average molecular weight is 486 g/mol. The molecule has 0 radical (unpaired) electrons. The minimum Gasteiger partial charge on any atom is -0.381 e. The first kappa shape index (κ1) is 25.7. The highest BCUT2D eigenvalue weighted by Gasteiger charge is 2.25. The molecule has 4 rings (SSSR count). The van der Waals surface area contributed by atoms with E-state index < -0.39 is 0 Å². The van der Waals surface area contributed by atoms with Crippen molar-refractivity contribution >= 4 is 5.69 Å². The highest BCUT2D eigenvalue weighted by atomic mass is 15.2. The third-order valence-corrected chi connectivity index (χ3v) is 6.66. The third-order valence-electron chi connectivity index (χ3n) is 6.66. The van der Waals surface area contributed by atoms with E-state index in [0.717, 1.165) is 69.1 Å². The zero-order valence-electron chi connectivity index (χ0n) is 21.5. The normalized spacial score (nSPS) is 11.8. The lowest BCUT2D eigenvalue weighted by Crippen LogP contribution is -2.36. The van der Waals surface area contributed by atoms with Crippen LogP contribution in [-0.2, 0) is 31.7 Å². The van der Waals surface area contributed by atoms with Crippen molar-refractivity contribution in [3.8, 4) is 0 Å². The second kappa shape index (κ2) is 12.5. The number of rotatable bonds is 14. The first-order chi connectivity index (χ1) is 17.6. The molecule has 2 aromatic heterocycles. The van der Waals surface area contributed by atoms with Crippen LogP contribution < -0.4 is 11.1 Å². The van der Waals surface area contributed by atoms with E-state index in [1.54, 1.807) is 12.4 Å². The summed E-state index contributed by atoms with van der Waals surface area (Å²) < 4.78 is 0. The van der Waals surface area contributed by atoms with Crippen LogP contribution in [0.1, 0.15) is 67.7 Å². The molecular formula is C29H39N7. The molecule has 0 aliphatic heterocycles. The molecule has 0 unspecified atom stereocenters. The van der Waals surface area contributed by atoms with Gasteiger partial charge in [0.1, 0.15) is 5.82 Å². The Balaban J connectivity index is 1.34. The van der Waals surface area contributed by atoms with E-state index in [2.05, 4.69) is 92.8 Å². The molecule has 0 aliphatic rings. The molecule has 2 aromatic carbocycles. The van der Waals surface area contributed by atoms with E-state index in [0.29, 0.717) is 0 Å². The van der Waals surface area contributed by atoms with Gasteiger partial charge in [0.15, 0.2) is 0 Å². The van der Waals surface area contributed by atoms with Crippen molar-refractivity contribution in [3.63, 3.8) is 0 Å². The van der Waals surface area contributed by atoms with Gasteiger partial charge in [0.25, 0.3) is 0 Å². The van der Waals surface area contributed by atoms with Gasteiger partial charge in [0, 0.05) is 55.1 Å². The Kier molecular flexibility index (Phi) is 8.92. The maximum absolute atomic E-state index is 6.75. The molecule has 7 nitrogen and oxygen atoms in total. The third kappa shape index (κ3) is 7.06. The number of anilines is 1. The number of benzene rings is 2. The van der Waals surface area contributed by atoms with Crippen molar-refractivity contribution in [3.05, 3.63) is 101 Å². The lowest BCUT2D eigenvalue weighted by atomic mass is 9.83. The molecule has 5 N–H and O–H groups in total. The van der Waals surface area contributed by atoms with Crippen molar-refractivity contribution in [1.29, 1.82) is 0 Å². The number of H-pyrrole nitrogens is 2. The Morgan fingerprint density at radius 3 is 2.19 bits per heavy atom. The van der Waals surface area contributed by atoms with Gasteiger partial charge in [-0.3, -0.25) is 10.00 Å². The van der Waals surface area contributed by atoms with Crippen molar-refractivity contribution in [2.45, 2.75) is 71.2 Å². The molecule has 190 valence electrons. The SMILES string of the molecule is CCCC(N)(CCC)c1ccc(NCc2ccc(CN(Cc3ccn[nH]3)Cc3ncc[nH]3)cc2)cc1. The minimum absolute atomic E-state index is 0.222. The summed E-state index contributed by atoms with van der Waals surface area (Å²) in [6.45, 7) is 7.53. The molecule has 7 heteroatoms. The highest BCUT2D eigenvalue weighted by molar-refractivity contribution is 5.46. The number of aromatic nitrogens is 4. The van der Waals surface area contributed by atoms with Gasteiger partial charge in [-0.1, -0.05) is 63.1 Å². The smallest absolute Gasteiger partial charge is 0.120 e. The largest absolute Gasteiger partial charge is 0.381 e. The van der Waals surface area contributed by atoms with Crippen molar-refractivity contribution in [1.82, 2.24) is 25.1 Å². The summed E-state index contributed by atoms with van der Waals surface area (Å²) in [7, 11) is 0. The number of nitrogens with one attached hydrogen (secondary N) is 3. The summed E-state index contributed by atoms with van der Waals surface area (Å²) in [5.41, 5.74) is 12.5. The Morgan fingerprint density at radius 2 is 1.58 bits per heavy atom. The number of imidazole rings is 1. The lowest BCUT2D eigenvalue weighted by Gasteiger charge is -2.30. The Bertz CT molecular complexity index is 1090. The van der Waals surface area contributed by atoms with E-state index in [9.17, 15) is 0 Å². The number of hydrogen-bond donors (Lipinski definition) is 4. The van der Waals surface area contributed by atoms with E-state index in [1.807, 2.05) is 12.3 Å².